The third-order valence-electron chi connectivity index (χ3n) is 5.14. The lowest BCUT2D eigenvalue weighted by Gasteiger charge is -2.14. The third-order valence-corrected chi connectivity index (χ3v) is 5.14. The first-order valence-electron chi connectivity index (χ1n) is 10.6. The number of carboxylic acids is 1. The number of carbonyl (C=O) groups is 1. The van der Waals surface area contributed by atoms with Crippen LogP contribution in [0.1, 0.15) is 22.5 Å². The zero-order valence-corrected chi connectivity index (χ0v) is 18.8. The van der Waals surface area contributed by atoms with Crippen molar-refractivity contribution in [2.75, 3.05) is 6.61 Å². The van der Waals surface area contributed by atoms with Crippen LogP contribution in [0.5, 0.6) is 11.5 Å². The van der Waals surface area contributed by atoms with Gasteiger partial charge in [-0.3, -0.25) is 4.79 Å². The molecule has 8 nitrogen and oxygen atoms in total. The Morgan fingerprint density at radius 2 is 1.71 bits per heavy atom. The number of fused-ring (bicyclic) bond motifs is 1. The summed E-state index contributed by atoms with van der Waals surface area (Å²) in [5, 5.41) is 13.6. The van der Waals surface area contributed by atoms with Gasteiger partial charge in [-0.25, -0.2) is 9.78 Å². The Balaban J connectivity index is 1.66. The number of hydrogen-bond acceptors (Lipinski definition) is 6. The van der Waals surface area contributed by atoms with Gasteiger partial charge in [-0.15, -0.1) is 0 Å². The van der Waals surface area contributed by atoms with E-state index in [1.165, 1.54) is 10.9 Å². The van der Waals surface area contributed by atoms with Crippen molar-refractivity contribution in [2.45, 2.75) is 20.5 Å². The molecule has 1 heterocycles. The van der Waals surface area contributed by atoms with Gasteiger partial charge in [-0.05, 0) is 66.9 Å². The Bertz CT molecular complexity index is 1400. The van der Waals surface area contributed by atoms with E-state index < -0.39 is 12.6 Å². The van der Waals surface area contributed by atoms with E-state index in [0.717, 1.165) is 16.9 Å². The van der Waals surface area contributed by atoms with E-state index in [4.69, 9.17) is 14.6 Å². The van der Waals surface area contributed by atoms with Crippen molar-refractivity contribution in [1.82, 2.24) is 9.66 Å². The van der Waals surface area contributed by atoms with Gasteiger partial charge in [-0.1, -0.05) is 30.3 Å². The molecular formula is C26H23N3O5. The standard InChI is InChI=1S/C26H23N3O5/c1-17-6-5-7-18(2)25(17)34-15-23-28-22-9-4-3-8-21(22)26(32)29(23)27-14-19-10-12-20(13-11-19)33-16-24(30)31/h3-14H,15-16H2,1-2H3,(H,30,31)/b27-14-. The van der Waals surface area contributed by atoms with Gasteiger partial charge >= 0.3 is 5.97 Å². The van der Waals surface area contributed by atoms with E-state index in [9.17, 15) is 9.59 Å². The van der Waals surface area contributed by atoms with Gasteiger partial charge in [0.25, 0.3) is 5.56 Å². The minimum absolute atomic E-state index is 0.0606. The van der Waals surface area contributed by atoms with Crippen molar-refractivity contribution in [2.24, 2.45) is 5.10 Å². The minimum Gasteiger partial charge on any atom is -0.485 e. The van der Waals surface area contributed by atoms with E-state index >= 15 is 0 Å². The smallest absolute Gasteiger partial charge is 0.341 e. The molecule has 0 bridgehead atoms. The molecule has 0 spiro atoms. The molecule has 0 aliphatic heterocycles. The van der Waals surface area contributed by atoms with Gasteiger partial charge in [0.2, 0.25) is 0 Å². The number of hydrogen-bond donors (Lipinski definition) is 1. The zero-order chi connectivity index (χ0) is 24.1. The fourth-order valence-corrected chi connectivity index (χ4v) is 3.47. The topological polar surface area (TPSA) is 103 Å². The first-order chi connectivity index (χ1) is 16.4. The number of ether oxygens (including phenoxy) is 2. The van der Waals surface area contributed by atoms with E-state index in [2.05, 4.69) is 10.1 Å². The van der Waals surface area contributed by atoms with Crippen LogP contribution in [-0.2, 0) is 11.4 Å². The quantitative estimate of drug-likeness (QED) is 0.402. The number of aliphatic carboxylic acids is 1. The lowest BCUT2D eigenvalue weighted by Crippen LogP contribution is -2.23. The van der Waals surface area contributed by atoms with Gasteiger partial charge < -0.3 is 14.6 Å². The maximum atomic E-state index is 13.2. The number of aryl methyl sites for hydroxylation is 2. The summed E-state index contributed by atoms with van der Waals surface area (Å²) < 4.78 is 12.4. The van der Waals surface area contributed by atoms with Crippen molar-refractivity contribution in [3.63, 3.8) is 0 Å². The first kappa shape index (κ1) is 22.7. The fourth-order valence-electron chi connectivity index (χ4n) is 3.47. The normalized spacial score (nSPS) is 11.1. The second kappa shape index (κ2) is 9.99. The predicted molar refractivity (Wildman–Crippen MR) is 129 cm³/mol. The molecule has 8 heteroatoms. The molecule has 4 aromatic rings. The van der Waals surface area contributed by atoms with Crippen molar-refractivity contribution >= 4 is 23.1 Å². The van der Waals surface area contributed by atoms with Crippen LogP contribution in [0.25, 0.3) is 10.9 Å². The highest BCUT2D eigenvalue weighted by Crippen LogP contribution is 2.23. The van der Waals surface area contributed by atoms with Crippen LogP contribution < -0.4 is 15.0 Å². The second-order valence-corrected chi connectivity index (χ2v) is 7.67. The summed E-state index contributed by atoms with van der Waals surface area (Å²) in [5.41, 5.74) is 2.94. The molecule has 4 rings (SSSR count). The predicted octanol–water partition coefficient (Wildman–Crippen LogP) is 3.94. The van der Waals surface area contributed by atoms with Crippen LogP contribution in [0.15, 0.2) is 76.6 Å². The Morgan fingerprint density at radius 1 is 1.00 bits per heavy atom. The molecule has 1 N–H and O–H groups in total. The van der Waals surface area contributed by atoms with Gasteiger partial charge in [0.05, 0.1) is 17.1 Å². The van der Waals surface area contributed by atoms with E-state index in [0.29, 0.717) is 28.0 Å². The molecule has 3 aromatic carbocycles. The van der Waals surface area contributed by atoms with Gasteiger partial charge in [0, 0.05) is 0 Å². The Hall–Kier alpha value is -4.46. The summed E-state index contributed by atoms with van der Waals surface area (Å²) in [6.45, 7) is 3.57. The van der Waals surface area contributed by atoms with Gasteiger partial charge in [0.15, 0.2) is 12.4 Å². The highest BCUT2D eigenvalue weighted by molar-refractivity contribution is 5.80. The summed E-state index contributed by atoms with van der Waals surface area (Å²) in [7, 11) is 0. The third kappa shape index (κ3) is 5.12. The highest BCUT2D eigenvalue weighted by atomic mass is 16.5. The summed E-state index contributed by atoms with van der Waals surface area (Å²) in [6.07, 6.45) is 1.53. The molecule has 0 atom stereocenters. The maximum absolute atomic E-state index is 13.2. The largest absolute Gasteiger partial charge is 0.485 e. The molecule has 34 heavy (non-hydrogen) atoms. The van der Waals surface area contributed by atoms with Gasteiger partial charge in [-0.2, -0.15) is 9.78 Å². The number of aromatic nitrogens is 2. The Kier molecular flexibility index (Phi) is 6.68. The lowest BCUT2D eigenvalue weighted by atomic mass is 10.1. The number of carboxylic acid groups (broad SMARTS) is 1. The molecule has 0 saturated carbocycles. The fraction of sp³-hybridized carbons (Fsp3) is 0.154. The molecule has 0 fully saturated rings. The first-order valence-corrected chi connectivity index (χ1v) is 10.6. The molecule has 0 aliphatic carbocycles. The average molecular weight is 457 g/mol. The van der Waals surface area contributed by atoms with Crippen LogP contribution in [0.4, 0.5) is 0 Å². The number of benzene rings is 3. The van der Waals surface area contributed by atoms with Crippen LogP contribution in [0.3, 0.4) is 0 Å². The van der Waals surface area contributed by atoms with Crippen molar-refractivity contribution in [3.8, 4) is 11.5 Å². The van der Waals surface area contributed by atoms with Crippen molar-refractivity contribution < 1.29 is 19.4 Å². The SMILES string of the molecule is Cc1cccc(C)c1OCc1nc2ccccc2c(=O)n1/N=C\c1ccc(OCC(=O)O)cc1. The molecule has 172 valence electrons. The molecule has 0 saturated heterocycles. The molecular weight excluding hydrogens is 434 g/mol. The summed E-state index contributed by atoms with van der Waals surface area (Å²) in [4.78, 5) is 28.5. The van der Waals surface area contributed by atoms with Crippen LogP contribution in [0, 0.1) is 13.8 Å². The van der Waals surface area contributed by atoms with E-state index in [1.54, 1.807) is 42.5 Å². The lowest BCUT2D eigenvalue weighted by molar-refractivity contribution is -0.139. The molecule has 0 unspecified atom stereocenters. The van der Waals surface area contributed by atoms with Crippen LogP contribution in [-0.4, -0.2) is 33.6 Å². The molecule has 0 radical (unpaired) electrons. The number of para-hydroxylation sites is 2. The highest BCUT2D eigenvalue weighted by Gasteiger charge is 2.12. The Morgan fingerprint density at radius 3 is 2.41 bits per heavy atom. The van der Waals surface area contributed by atoms with E-state index in [1.807, 2.05) is 38.1 Å². The van der Waals surface area contributed by atoms with Crippen LogP contribution in [0.2, 0.25) is 0 Å². The molecule has 1 aromatic heterocycles. The van der Waals surface area contributed by atoms with Crippen LogP contribution >= 0.6 is 0 Å². The number of nitrogens with zero attached hydrogens (tertiary/aromatic N) is 3. The summed E-state index contributed by atoms with van der Waals surface area (Å²) >= 11 is 0. The van der Waals surface area contributed by atoms with E-state index in [-0.39, 0.29) is 12.2 Å². The Labute approximate surface area is 195 Å². The summed E-state index contributed by atoms with van der Waals surface area (Å²) in [5.74, 6) is 0.484. The minimum atomic E-state index is -1.05. The monoisotopic (exact) mass is 457 g/mol. The second-order valence-electron chi connectivity index (χ2n) is 7.67. The zero-order valence-electron chi connectivity index (χ0n) is 18.8. The number of rotatable bonds is 8. The van der Waals surface area contributed by atoms with Crippen molar-refractivity contribution in [1.29, 1.82) is 0 Å². The maximum Gasteiger partial charge on any atom is 0.341 e. The van der Waals surface area contributed by atoms with Gasteiger partial charge in [0.1, 0.15) is 18.1 Å². The molecule has 0 amide bonds. The van der Waals surface area contributed by atoms with Crippen molar-refractivity contribution in [3.05, 3.63) is 99.6 Å². The summed E-state index contributed by atoms with van der Waals surface area (Å²) in [6, 6.07) is 19.7. The molecule has 0 aliphatic rings. The average Bonchev–Trinajstić information content (AvgIpc) is 2.83.